The Kier molecular flexibility index (Phi) is 1480. The third-order valence-corrected chi connectivity index (χ3v) is 0. The molecule has 0 aromatic rings. The zero-order valence-electron chi connectivity index (χ0n) is 24.2. The minimum Gasteiger partial charge on any atom is -0.870 e. The Labute approximate surface area is 542 Å². The summed E-state index contributed by atoms with van der Waals surface area (Å²) >= 11 is 0. The molecular formula is H30Cr5O36Pb9S4. The molecular weight excluding hydrogens is 2830 g/mol. The zero-order valence-corrected chi connectivity index (χ0v) is 68.8. The van der Waals surface area contributed by atoms with Gasteiger partial charge in [-0.05, 0) is 0 Å². The van der Waals surface area contributed by atoms with Crippen molar-refractivity contribution in [2.75, 3.05) is 0 Å². The Bertz CT molecular complexity index is 529. The molecule has 54 heavy (non-hydrogen) atoms. The van der Waals surface area contributed by atoms with E-state index in [1.54, 1.807) is 0 Å². The van der Waals surface area contributed by atoms with Crippen molar-refractivity contribution < 1.29 is 266 Å². The van der Waals surface area contributed by atoms with Gasteiger partial charge in [0, 0.05) is 128 Å². The average Bonchev–Trinajstić information content (AvgIpc) is 1.62. The molecule has 0 rings (SSSR count). The molecule has 54 heteroatoms. The summed E-state index contributed by atoms with van der Waals surface area (Å²) in [5.74, 6) is 0. The van der Waals surface area contributed by atoms with Crippen LogP contribution in [0.2, 0.25) is 0 Å². The molecule has 0 unspecified atom stereocenters. The summed E-state index contributed by atoms with van der Waals surface area (Å²) in [6, 6.07) is 0. The van der Waals surface area contributed by atoms with E-state index >= 15 is 0 Å². The Hall–Kier alpha value is 9.64. The summed E-state index contributed by atoms with van der Waals surface area (Å²) in [6.45, 7) is 0. The van der Waals surface area contributed by atoms with Crippen LogP contribution in [0.15, 0.2) is 0 Å². The fourth-order valence-electron chi connectivity index (χ4n) is 0. The molecule has 0 aromatic carbocycles. The maximum atomic E-state index is 8.52. The van der Waals surface area contributed by atoms with Crippen molar-refractivity contribution in [1.82, 2.24) is 0 Å². The number of hydrogen-bond acceptors (Lipinski definition) is 26. The Morgan fingerprint density at radius 2 is 0.185 bits per heavy atom. The second-order valence-electron chi connectivity index (χ2n) is 1.63. The molecule has 0 fully saturated rings. The second-order valence-corrected chi connectivity index (χ2v) is 4.90. The standard InChI is InChI=1S/5Cr.4H2O4S.20H2O.9Pb/c;;;;;4*1-5(2,3)4;;;;;;;;;;;;;;;;;;;;;;;;;;;;;/h;;;;;4*(H2,1,2,3,4);20*1H2;;;;;;;;;/q;;;;;;;;;;;;;;;;;;;;;;;;;;;;;9*+2/p-18. The third kappa shape index (κ3) is 2440. The van der Waals surface area contributed by atoms with Gasteiger partial charge in [0.05, 0.1) is 0 Å². The Morgan fingerprint density at radius 3 is 0.185 bits per heavy atom. The normalized spacial score (nSPS) is 4.30. The number of rotatable bonds is 0. The molecule has 18 radical (unpaired) electrons. The first-order valence-electron chi connectivity index (χ1n) is 2.67. The predicted octanol–water partition coefficient (Wildman–Crippen LogP) is -18.8. The van der Waals surface area contributed by atoms with Crippen LogP contribution in [0.1, 0.15) is 0 Å². The van der Waals surface area contributed by atoms with Crippen molar-refractivity contribution in [2.45, 2.75) is 0 Å². The minimum atomic E-state index is -5.17. The summed E-state index contributed by atoms with van der Waals surface area (Å²) in [6.07, 6.45) is 0. The average molecular weight is 2860 g/mol. The van der Waals surface area contributed by atoms with Gasteiger partial charge in [0.15, 0.2) is 0 Å². The third-order valence-electron chi connectivity index (χ3n) is 0. The van der Waals surface area contributed by atoms with E-state index in [-0.39, 0.29) is 442 Å². The van der Waals surface area contributed by atoms with E-state index in [4.69, 9.17) is 70.1 Å². The van der Waals surface area contributed by atoms with E-state index in [0.29, 0.717) is 0 Å². The van der Waals surface area contributed by atoms with Crippen LogP contribution in [0, 0.1) is 0 Å². The molecule has 0 aliphatic heterocycles. The van der Waals surface area contributed by atoms with Gasteiger partial charge in [-0.1, -0.05) is 0 Å². The van der Waals surface area contributed by atoms with Crippen molar-refractivity contribution in [3.05, 3.63) is 0 Å². The van der Waals surface area contributed by atoms with Gasteiger partial charge in [0.25, 0.3) is 0 Å². The van der Waals surface area contributed by atoms with E-state index in [1.165, 1.54) is 0 Å². The van der Waals surface area contributed by atoms with Crippen LogP contribution < -0.4 is 0 Å². The first-order chi connectivity index (χ1) is 8.00. The molecule has 336 valence electrons. The van der Waals surface area contributed by atoms with Gasteiger partial charge in [0.2, 0.25) is 0 Å². The van der Waals surface area contributed by atoms with E-state index in [1.807, 2.05) is 0 Å². The monoisotopic (exact) mass is 2870 g/mol. The van der Waals surface area contributed by atoms with Crippen LogP contribution >= 0.6 is 0 Å². The molecule has 36 nitrogen and oxygen atoms in total. The SMILES string of the molecule is O.O.O.O.O.O.O.O.O.O.O=S(=O)([O-])[O-].O=S(=O)([O-])[O-].O=S(=O)([O-])[O-].O=S(=O)([O-])[O-].[Cr].[Cr].[Cr].[Cr].[Cr].[OH-].[OH-].[OH-].[OH-].[OH-].[OH-].[OH-].[OH-].[OH-].[OH-].[Pb+2].[Pb+2].[Pb+2].[Pb+2].[Pb+2].[Pb+2].[Pb+2].[Pb+2].[Pb+2]. The van der Waals surface area contributed by atoms with E-state index in [2.05, 4.69) is 0 Å². The van der Waals surface area contributed by atoms with E-state index in [9.17, 15) is 0 Å². The van der Waals surface area contributed by atoms with Crippen LogP contribution in [-0.2, 0) is 128 Å². The van der Waals surface area contributed by atoms with Gasteiger partial charge in [0.1, 0.15) is 0 Å². The van der Waals surface area contributed by atoms with Crippen LogP contribution in [0.4, 0.5) is 0 Å². The zero-order chi connectivity index (χ0) is 18.0. The summed E-state index contributed by atoms with van der Waals surface area (Å²) in [4.78, 5) is 0. The van der Waals surface area contributed by atoms with Crippen molar-refractivity contribution in [3.8, 4) is 0 Å². The predicted molar refractivity (Wildman–Crippen MR) is 149 cm³/mol. The summed E-state index contributed by atoms with van der Waals surface area (Å²) in [5, 5.41) is 0. The van der Waals surface area contributed by atoms with Crippen molar-refractivity contribution in [3.63, 3.8) is 0 Å². The van der Waals surface area contributed by atoms with Gasteiger partial charge in [-0.25, -0.2) is 0 Å². The van der Waals surface area contributed by atoms with Crippen molar-refractivity contribution in [2.24, 2.45) is 0 Å². The van der Waals surface area contributed by atoms with Crippen LogP contribution in [-0.4, -0.2) is 425 Å². The summed E-state index contributed by atoms with van der Waals surface area (Å²) < 4.78 is 136. The van der Waals surface area contributed by atoms with Gasteiger partial charge in [-0.2, -0.15) is 0 Å². The van der Waals surface area contributed by atoms with Crippen LogP contribution in [0.3, 0.4) is 0 Å². The number of hydrogen-bond donors (Lipinski definition) is 0. The quantitative estimate of drug-likeness (QED) is 0.123. The van der Waals surface area contributed by atoms with E-state index < -0.39 is 41.6 Å². The molecule has 30 N–H and O–H groups in total. The van der Waals surface area contributed by atoms with Crippen LogP contribution in [0.5, 0.6) is 0 Å². The fraction of sp³-hybridized carbons (Fsp3) is 0. The molecule has 0 amide bonds. The molecule has 0 heterocycles. The first kappa shape index (κ1) is 380. The molecule has 0 saturated heterocycles. The van der Waals surface area contributed by atoms with E-state index in [0.717, 1.165) is 0 Å². The second kappa shape index (κ2) is 210. The van der Waals surface area contributed by atoms with Gasteiger partial charge >= 0.3 is 246 Å². The minimum absolute atomic E-state index is 0. The molecule has 0 aromatic heterocycles. The van der Waals surface area contributed by atoms with Gasteiger partial charge in [-0.3, -0.25) is 33.7 Å². The largest absolute Gasteiger partial charge is 2.00 e. The van der Waals surface area contributed by atoms with Crippen molar-refractivity contribution >= 4 is 287 Å². The topological polar surface area (TPSA) is 936 Å². The molecule has 0 atom stereocenters. The smallest absolute Gasteiger partial charge is 0.870 e. The molecule has 0 aliphatic carbocycles. The molecule has 0 bridgehead atoms. The summed E-state index contributed by atoms with van der Waals surface area (Å²) in [5.41, 5.74) is 0. The summed E-state index contributed by atoms with van der Waals surface area (Å²) in [7, 11) is -20.7. The fourth-order valence-corrected chi connectivity index (χ4v) is 0. The van der Waals surface area contributed by atoms with Gasteiger partial charge < -0.3 is 146 Å². The Morgan fingerprint density at radius 1 is 0.185 bits per heavy atom. The van der Waals surface area contributed by atoms with Crippen molar-refractivity contribution in [1.29, 1.82) is 0 Å². The first-order valence-corrected chi connectivity index (χ1v) is 8.00. The molecule has 0 spiro atoms. The molecule has 0 aliphatic rings. The van der Waals surface area contributed by atoms with Gasteiger partial charge in [-0.15, -0.1) is 0 Å². The maximum Gasteiger partial charge on any atom is 2.00 e. The van der Waals surface area contributed by atoms with Crippen LogP contribution in [0.25, 0.3) is 0 Å². The maximum absolute atomic E-state index is 8.52. The Balaban J connectivity index is -0.00000000145. The molecule has 0 saturated carbocycles.